The number of nitrogens with one attached hydrogen (secondary N) is 1. The Bertz CT molecular complexity index is 497. The third-order valence-electron chi connectivity index (χ3n) is 5.11. The molecule has 0 aromatic heterocycles. The van der Waals surface area contributed by atoms with E-state index >= 15 is 0 Å². The third-order valence-corrected chi connectivity index (χ3v) is 6.41. The van der Waals surface area contributed by atoms with Crippen LogP contribution in [0, 0.1) is 11.3 Å². The van der Waals surface area contributed by atoms with Gasteiger partial charge in [0.2, 0.25) is 15.9 Å². The van der Waals surface area contributed by atoms with Crippen LogP contribution in [0.15, 0.2) is 0 Å². The van der Waals surface area contributed by atoms with Crippen LogP contribution in [0.5, 0.6) is 0 Å². The fourth-order valence-electron chi connectivity index (χ4n) is 3.63. The molecule has 2 saturated heterocycles. The van der Waals surface area contributed by atoms with Gasteiger partial charge in [0.05, 0.1) is 6.26 Å². The molecule has 0 aromatic carbocycles. The number of halogens is 1. The highest BCUT2D eigenvalue weighted by Gasteiger charge is 2.58. The Hall–Kier alpha value is -0.370. The van der Waals surface area contributed by atoms with Crippen molar-refractivity contribution in [2.24, 2.45) is 11.3 Å². The summed E-state index contributed by atoms with van der Waals surface area (Å²) in [6, 6.07) is 0. The summed E-state index contributed by atoms with van der Waals surface area (Å²) in [6.07, 6.45) is 4.47. The van der Waals surface area contributed by atoms with E-state index in [-0.39, 0.29) is 29.6 Å². The van der Waals surface area contributed by atoms with Gasteiger partial charge < -0.3 is 10.2 Å². The van der Waals surface area contributed by atoms with Crippen LogP contribution in [-0.2, 0) is 14.8 Å². The lowest BCUT2D eigenvalue weighted by molar-refractivity contribution is -0.134. The van der Waals surface area contributed by atoms with Gasteiger partial charge in [-0.15, -0.1) is 12.4 Å². The minimum atomic E-state index is -3.12. The van der Waals surface area contributed by atoms with Gasteiger partial charge in [-0.05, 0) is 37.8 Å². The summed E-state index contributed by atoms with van der Waals surface area (Å²) in [4.78, 5) is 14.4. The summed E-state index contributed by atoms with van der Waals surface area (Å²) in [5.74, 6) is 0.439. The van der Waals surface area contributed by atoms with Gasteiger partial charge in [-0.25, -0.2) is 8.42 Å². The highest BCUT2D eigenvalue weighted by molar-refractivity contribution is 7.88. The first-order valence-corrected chi connectivity index (χ1v) is 9.22. The number of hydrogen-bond acceptors (Lipinski definition) is 4. The van der Waals surface area contributed by atoms with E-state index in [4.69, 9.17) is 0 Å². The van der Waals surface area contributed by atoms with Gasteiger partial charge in [0, 0.05) is 32.1 Å². The molecule has 0 radical (unpaired) electrons. The Balaban J connectivity index is 0.00000161. The predicted octanol–water partition coefficient (Wildman–Crippen LogP) is -0.0983. The van der Waals surface area contributed by atoms with E-state index in [1.165, 1.54) is 10.6 Å². The second-order valence-electron chi connectivity index (χ2n) is 6.36. The number of nitrogens with zero attached hydrogens (tertiary/aromatic N) is 2. The van der Waals surface area contributed by atoms with E-state index in [9.17, 15) is 13.2 Å². The maximum absolute atomic E-state index is 12.5. The Morgan fingerprint density at radius 2 is 1.71 bits per heavy atom. The number of piperidine rings is 1. The second-order valence-corrected chi connectivity index (χ2v) is 8.34. The van der Waals surface area contributed by atoms with Gasteiger partial charge in [0.15, 0.2) is 0 Å². The second kappa shape index (κ2) is 6.02. The molecule has 21 heavy (non-hydrogen) atoms. The van der Waals surface area contributed by atoms with E-state index in [2.05, 4.69) is 5.32 Å². The summed E-state index contributed by atoms with van der Waals surface area (Å²) in [5.41, 5.74) is 0.260. The quantitative estimate of drug-likeness (QED) is 0.764. The van der Waals surface area contributed by atoms with E-state index in [0.717, 1.165) is 32.4 Å². The molecular weight excluding hydrogens is 314 g/mol. The molecule has 0 aromatic rings. The van der Waals surface area contributed by atoms with E-state index in [1.54, 1.807) is 0 Å². The first kappa shape index (κ1) is 17.0. The van der Waals surface area contributed by atoms with Crippen molar-refractivity contribution in [2.45, 2.75) is 19.3 Å². The molecule has 8 heteroatoms. The van der Waals surface area contributed by atoms with Crippen molar-refractivity contribution in [3.05, 3.63) is 0 Å². The lowest BCUT2D eigenvalue weighted by Gasteiger charge is -2.34. The van der Waals surface area contributed by atoms with Crippen molar-refractivity contribution >= 4 is 28.3 Å². The predicted molar refractivity (Wildman–Crippen MR) is 82.9 cm³/mol. The van der Waals surface area contributed by atoms with Gasteiger partial charge in [-0.3, -0.25) is 4.79 Å². The Morgan fingerprint density at radius 1 is 1.14 bits per heavy atom. The van der Waals surface area contributed by atoms with Gasteiger partial charge in [-0.2, -0.15) is 4.31 Å². The molecule has 3 rings (SSSR count). The largest absolute Gasteiger partial charge is 0.340 e. The number of piperazine rings is 1. The van der Waals surface area contributed by atoms with Crippen LogP contribution < -0.4 is 5.32 Å². The topological polar surface area (TPSA) is 69.7 Å². The molecule has 1 aliphatic carbocycles. The third kappa shape index (κ3) is 3.36. The molecule has 1 N–H and O–H groups in total. The minimum Gasteiger partial charge on any atom is -0.340 e. The van der Waals surface area contributed by atoms with Crippen LogP contribution >= 0.6 is 12.4 Å². The lowest BCUT2D eigenvalue weighted by atomic mass is 9.91. The maximum atomic E-state index is 12.5. The Kier molecular flexibility index (Phi) is 4.87. The maximum Gasteiger partial charge on any atom is 0.226 e. The molecular formula is C13H24ClN3O3S. The molecule has 3 fully saturated rings. The van der Waals surface area contributed by atoms with Crippen LogP contribution in [0.1, 0.15) is 19.3 Å². The van der Waals surface area contributed by atoms with Gasteiger partial charge in [0.1, 0.15) is 0 Å². The van der Waals surface area contributed by atoms with Crippen molar-refractivity contribution in [3.8, 4) is 0 Å². The first-order chi connectivity index (χ1) is 9.42. The zero-order chi connectivity index (χ0) is 14.4. The SMILES string of the molecule is CS(=O)(=O)N1CCN(C(=O)C2CC23CCNCC3)CC1.Cl. The normalized spacial score (nSPS) is 29.0. The van der Waals surface area contributed by atoms with E-state index in [0.29, 0.717) is 26.2 Å². The van der Waals surface area contributed by atoms with E-state index in [1.807, 2.05) is 4.90 Å². The fraction of sp³-hybridized carbons (Fsp3) is 0.923. The van der Waals surface area contributed by atoms with Crippen molar-refractivity contribution in [1.82, 2.24) is 14.5 Å². The number of amides is 1. The molecule has 3 aliphatic rings. The van der Waals surface area contributed by atoms with Crippen molar-refractivity contribution in [2.75, 3.05) is 45.5 Å². The smallest absolute Gasteiger partial charge is 0.226 e. The van der Waals surface area contributed by atoms with Crippen LogP contribution in [0.25, 0.3) is 0 Å². The average Bonchev–Trinajstić information content (AvgIpc) is 3.11. The molecule has 6 nitrogen and oxygen atoms in total. The standard InChI is InChI=1S/C13H23N3O3S.ClH/c1-20(18,19)16-8-6-15(7-9-16)12(17)11-10-13(11)2-4-14-5-3-13;/h11,14H,2-10H2,1H3;1H. The summed E-state index contributed by atoms with van der Waals surface area (Å²) in [7, 11) is -3.12. The summed E-state index contributed by atoms with van der Waals surface area (Å²) in [5, 5.41) is 3.34. The molecule has 1 amide bonds. The molecule has 1 saturated carbocycles. The van der Waals surface area contributed by atoms with E-state index < -0.39 is 10.0 Å². The average molecular weight is 338 g/mol. The van der Waals surface area contributed by atoms with Gasteiger partial charge in [-0.1, -0.05) is 0 Å². The lowest BCUT2D eigenvalue weighted by Crippen LogP contribution is -2.51. The zero-order valence-electron chi connectivity index (χ0n) is 12.4. The van der Waals surface area contributed by atoms with Crippen molar-refractivity contribution in [1.29, 1.82) is 0 Å². The van der Waals surface area contributed by atoms with Crippen LogP contribution in [-0.4, -0.2) is 69.1 Å². The fourth-order valence-corrected chi connectivity index (χ4v) is 4.46. The van der Waals surface area contributed by atoms with Crippen LogP contribution in [0.3, 0.4) is 0 Å². The number of rotatable bonds is 2. The highest BCUT2D eigenvalue weighted by atomic mass is 35.5. The van der Waals surface area contributed by atoms with Crippen molar-refractivity contribution < 1.29 is 13.2 Å². The summed E-state index contributed by atoms with van der Waals surface area (Å²) in [6.45, 7) is 3.99. The molecule has 1 atom stereocenters. The molecule has 2 aliphatic heterocycles. The van der Waals surface area contributed by atoms with Crippen LogP contribution in [0.2, 0.25) is 0 Å². The Labute approximate surface area is 132 Å². The van der Waals surface area contributed by atoms with Crippen LogP contribution in [0.4, 0.5) is 0 Å². The monoisotopic (exact) mass is 337 g/mol. The van der Waals surface area contributed by atoms with Gasteiger partial charge >= 0.3 is 0 Å². The molecule has 122 valence electrons. The number of sulfonamides is 1. The molecule has 0 bridgehead atoms. The summed E-state index contributed by atoms with van der Waals surface area (Å²) < 4.78 is 24.4. The number of carbonyl (C=O) groups excluding carboxylic acids is 1. The molecule has 1 spiro atoms. The number of carbonyl (C=O) groups is 1. The highest BCUT2D eigenvalue weighted by Crippen LogP contribution is 2.59. The molecule has 2 heterocycles. The summed E-state index contributed by atoms with van der Waals surface area (Å²) >= 11 is 0. The number of hydrogen-bond donors (Lipinski definition) is 1. The molecule has 1 unspecified atom stereocenters. The minimum absolute atomic E-state index is 0. The zero-order valence-corrected chi connectivity index (χ0v) is 14.0. The first-order valence-electron chi connectivity index (χ1n) is 7.37. The van der Waals surface area contributed by atoms with Gasteiger partial charge in [0.25, 0.3) is 0 Å². The van der Waals surface area contributed by atoms with Crippen molar-refractivity contribution in [3.63, 3.8) is 0 Å². The Morgan fingerprint density at radius 3 is 2.24 bits per heavy atom.